The Morgan fingerprint density at radius 2 is 1.84 bits per heavy atom. The Morgan fingerprint density at radius 1 is 1.09 bits per heavy atom. The molecule has 1 fully saturated rings. The molecule has 0 spiro atoms. The van der Waals surface area contributed by atoms with Crippen LogP contribution >= 0.6 is 23.4 Å². The molecule has 8 heteroatoms. The largest absolute Gasteiger partial charge is 0.325 e. The number of nitrogens with zero attached hydrogens (tertiary/aromatic N) is 4. The number of halogens is 1. The molecule has 2 heterocycles. The number of hydrogen-bond acceptors (Lipinski definition) is 5. The van der Waals surface area contributed by atoms with Crippen LogP contribution in [0.15, 0.2) is 53.7 Å². The predicted molar refractivity (Wildman–Crippen MR) is 130 cm³/mol. The molecule has 1 aliphatic rings. The van der Waals surface area contributed by atoms with Crippen LogP contribution in [0.5, 0.6) is 0 Å². The smallest absolute Gasteiger partial charge is 0.237 e. The van der Waals surface area contributed by atoms with E-state index in [2.05, 4.69) is 37.1 Å². The van der Waals surface area contributed by atoms with Crippen LogP contribution in [0.3, 0.4) is 0 Å². The molecule has 6 nitrogen and oxygen atoms in total. The number of hydrogen-bond donors (Lipinski definition) is 1. The molecule has 1 N–H and O–H groups in total. The number of benzene rings is 2. The zero-order valence-electron chi connectivity index (χ0n) is 18.4. The molecule has 1 aromatic heterocycles. The fraction of sp³-hybridized carbons (Fsp3) is 0.375. The first-order valence-electron chi connectivity index (χ1n) is 10.9. The number of nitrogens with one attached hydrogen (secondary N) is 1. The first kappa shape index (κ1) is 22.8. The average molecular weight is 470 g/mol. The molecule has 1 aliphatic heterocycles. The minimum absolute atomic E-state index is 0.0873. The lowest BCUT2D eigenvalue weighted by Gasteiger charge is -2.17. The van der Waals surface area contributed by atoms with Gasteiger partial charge in [0.15, 0.2) is 5.16 Å². The van der Waals surface area contributed by atoms with Crippen LogP contribution in [0.4, 0.5) is 5.69 Å². The van der Waals surface area contributed by atoms with Gasteiger partial charge in [0.1, 0.15) is 5.82 Å². The second-order valence-corrected chi connectivity index (χ2v) is 9.83. The Morgan fingerprint density at radius 3 is 2.59 bits per heavy atom. The van der Waals surface area contributed by atoms with Crippen molar-refractivity contribution in [2.45, 2.75) is 50.2 Å². The Balaban J connectivity index is 1.51. The van der Waals surface area contributed by atoms with E-state index in [1.54, 1.807) is 0 Å². The topological polar surface area (TPSA) is 63.1 Å². The monoisotopic (exact) mass is 469 g/mol. The fourth-order valence-corrected chi connectivity index (χ4v) is 4.82. The van der Waals surface area contributed by atoms with Crippen molar-refractivity contribution in [1.29, 1.82) is 0 Å². The van der Waals surface area contributed by atoms with Crippen LogP contribution in [-0.4, -0.2) is 43.9 Å². The number of thioether (sulfide) groups is 1. The highest BCUT2D eigenvalue weighted by Crippen LogP contribution is 2.27. The van der Waals surface area contributed by atoms with Gasteiger partial charge in [-0.3, -0.25) is 9.69 Å². The number of carbonyl (C=O) groups excluding carboxylic acids is 1. The molecule has 4 rings (SSSR count). The molecular weight excluding hydrogens is 442 g/mol. The highest BCUT2D eigenvalue weighted by Gasteiger charge is 2.23. The van der Waals surface area contributed by atoms with Crippen LogP contribution in [0.25, 0.3) is 0 Å². The SMILES string of the molecule is Cc1c(Cl)cccc1NC(=O)C(C)Sc1nnc(CN2CCCC2)n1Cc1ccccc1. The van der Waals surface area contributed by atoms with Gasteiger partial charge in [-0.05, 0) is 63.0 Å². The lowest BCUT2D eigenvalue weighted by molar-refractivity contribution is -0.115. The Bertz CT molecular complexity index is 1070. The third kappa shape index (κ3) is 5.52. The molecule has 0 aliphatic carbocycles. The summed E-state index contributed by atoms with van der Waals surface area (Å²) < 4.78 is 2.15. The van der Waals surface area contributed by atoms with E-state index in [9.17, 15) is 4.79 Å². The van der Waals surface area contributed by atoms with Crippen molar-refractivity contribution in [3.8, 4) is 0 Å². The van der Waals surface area contributed by atoms with E-state index in [-0.39, 0.29) is 11.2 Å². The first-order chi connectivity index (χ1) is 15.5. The summed E-state index contributed by atoms with van der Waals surface area (Å²) in [6.45, 7) is 7.44. The van der Waals surface area contributed by atoms with Gasteiger partial charge in [-0.2, -0.15) is 0 Å². The summed E-state index contributed by atoms with van der Waals surface area (Å²) in [4.78, 5) is 15.3. The minimum Gasteiger partial charge on any atom is -0.325 e. The van der Waals surface area contributed by atoms with Crippen molar-refractivity contribution in [3.63, 3.8) is 0 Å². The van der Waals surface area contributed by atoms with Crippen molar-refractivity contribution in [1.82, 2.24) is 19.7 Å². The second-order valence-electron chi connectivity index (χ2n) is 8.12. The lowest BCUT2D eigenvalue weighted by Crippen LogP contribution is -2.24. The number of likely N-dealkylation sites (tertiary alicyclic amines) is 1. The van der Waals surface area contributed by atoms with Crippen LogP contribution in [0.1, 0.15) is 36.7 Å². The maximum Gasteiger partial charge on any atom is 0.237 e. The molecule has 1 unspecified atom stereocenters. The van der Waals surface area contributed by atoms with E-state index >= 15 is 0 Å². The highest BCUT2D eigenvalue weighted by molar-refractivity contribution is 8.00. The maximum atomic E-state index is 12.9. The number of rotatable bonds is 8. The van der Waals surface area contributed by atoms with Gasteiger partial charge in [0.05, 0.1) is 18.3 Å². The Hall–Kier alpha value is -2.35. The molecular formula is C24H28ClN5OS. The van der Waals surface area contributed by atoms with E-state index in [4.69, 9.17) is 11.6 Å². The molecule has 3 aromatic rings. The van der Waals surface area contributed by atoms with Gasteiger partial charge in [0.25, 0.3) is 0 Å². The summed E-state index contributed by atoms with van der Waals surface area (Å²) in [5, 5.41) is 13.0. The molecule has 0 saturated carbocycles. The van der Waals surface area contributed by atoms with E-state index < -0.39 is 0 Å². The number of anilines is 1. The quantitative estimate of drug-likeness (QED) is 0.470. The van der Waals surface area contributed by atoms with E-state index in [0.717, 1.165) is 41.9 Å². The molecule has 1 amide bonds. The van der Waals surface area contributed by atoms with Crippen molar-refractivity contribution < 1.29 is 4.79 Å². The van der Waals surface area contributed by atoms with Gasteiger partial charge < -0.3 is 9.88 Å². The average Bonchev–Trinajstić information content (AvgIpc) is 3.43. The summed E-state index contributed by atoms with van der Waals surface area (Å²) in [5.41, 5.74) is 2.78. The molecule has 1 saturated heterocycles. The predicted octanol–water partition coefficient (Wildman–Crippen LogP) is 5.00. The van der Waals surface area contributed by atoms with E-state index in [1.165, 1.54) is 30.2 Å². The summed E-state index contributed by atoms with van der Waals surface area (Å²) in [5.74, 6) is 0.854. The third-order valence-electron chi connectivity index (χ3n) is 5.72. The standard InChI is InChI=1S/C24H28ClN5OS/c1-17-20(25)11-8-12-21(17)26-23(31)18(2)32-24-28-27-22(16-29-13-6-7-14-29)30(24)15-19-9-4-3-5-10-19/h3-5,8-12,18H,6-7,13-16H2,1-2H3,(H,26,31). The van der Waals surface area contributed by atoms with Gasteiger partial charge in [-0.25, -0.2) is 0 Å². The molecule has 1 atom stereocenters. The Labute approximate surface area is 198 Å². The summed E-state index contributed by atoms with van der Waals surface area (Å²) >= 11 is 7.63. The maximum absolute atomic E-state index is 12.9. The molecule has 168 valence electrons. The van der Waals surface area contributed by atoms with Crippen LogP contribution in [0, 0.1) is 6.92 Å². The van der Waals surface area contributed by atoms with Crippen LogP contribution < -0.4 is 5.32 Å². The molecule has 0 radical (unpaired) electrons. The number of amides is 1. The van der Waals surface area contributed by atoms with Gasteiger partial charge >= 0.3 is 0 Å². The summed E-state index contributed by atoms with van der Waals surface area (Å²) in [7, 11) is 0. The molecule has 0 bridgehead atoms. The number of carbonyl (C=O) groups is 1. The number of aromatic nitrogens is 3. The van der Waals surface area contributed by atoms with E-state index in [0.29, 0.717) is 11.6 Å². The zero-order valence-corrected chi connectivity index (χ0v) is 20.0. The fourth-order valence-electron chi connectivity index (χ4n) is 3.78. The van der Waals surface area contributed by atoms with Crippen molar-refractivity contribution >= 4 is 35.0 Å². The van der Waals surface area contributed by atoms with Gasteiger partial charge in [-0.1, -0.05) is 59.8 Å². The Kier molecular flexibility index (Phi) is 7.50. The van der Waals surface area contributed by atoms with Gasteiger partial charge in [0, 0.05) is 10.7 Å². The lowest BCUT2D eigenvalue weighted by atomic mass is 10.2. The van der Waals surface area contributed by atoms with Crippen LogP contribution in [-0.2, 0) is 17.9 Å². The van der Waals surface area contributed by atoms with Crippen molar-refractivity contribution in [3.05, 3.63) is 70.5 Å². The summed E-state index contributed by atoms with van der Waals surface area (Å²) in [6, 6.07) is 15.8. The highest BCUT2D eigenvalue weighted by atomic mass is 35.5. The van der Waals surface area contributed by atoms with Crippen molar-refractivity contribution in [2.24, 2.45) is 0 Å². The molecule has 2 aromatic carbocycles. The van der Waals surface area contributed by atoms with Crippen molar-refractivity contribution in [2.75, 3.05) is 18.4 Å². The third-order valence-corrected chi connectivity index (χ3v) is 7.21. The summed E-state index contributed by atoms with van der Waals surface area (Å²) in [6.07, 6.45) is 2.46. The van der Waals surface area contributed by atoms with Gasteiger partial charge in [0.2, 0.25) is 5.91 Å². The molecule has 32 heavy (non-hydrogen) atoms. The van der Waals surface area contributed by atoms with Gasteiger partial charge in [-0.15, -0.1) is 10.2 Å². The normalized spacial score (nSPS) is 15.1. The minimum atomic E-state index is -0.341. The first-order valence-corrected chi connectivity index (χ1v) is 12.2. The zero-order chi connectivity index (χ0) is 22.5. The second kappa shape index (κ2) is 10.5. The van der Waals surface area contributed by atoms with Crippen LogP contribution in [0.2, 0.25) is 5.02 Å². The van der Waals surface area contributed by atoms with E-state index in [1.807, 2.05) is 50.2 Å².